The third-order valence-corrected chi connectivity index (χ3v) is 3.66. The molecule has 116 valence electrons. The lowest BCUT2D eigenvalue weighted by atomic mass is 9.99. The third-order valence-electron chi connectivity index (χ3n) is 3.66. The van der Waals surface area contributed by atoms with Gasteiger partial charge in [-0.3, -0.25) is 4.79 Å². The number of hydrogen-bond acceptors (Lipinski definition) is 2. The first-order valence-electron chi connectivity index (χ1n) is 7.14. The Bertz CT molecular complexity index is 697. The minimum atomic E-state index is -0.547. The molecule has 0 fully saturated rings. The topological polar surface area (TPSA) is 38.3 Å². The lowest BCUT2D eigenvalue weighted by Gasteiger charge is -2.17. The van der Waals surface area contributed by atoms with E-state index < -0.39 is 5.82 Å². The molecule has 0 spiro atoms. The van der Waals surface area contributed by atoms with Gasteiger partial charge < -0.3 is 10.1 Å². The molecule has 0 aromatic heterocycles. The number of hydrogen-bond donors (Lipinski definition) is 1. The summed E-state index contributed by atoms with van der Waals surface area (Å²) in [5, 5.41) is 2.90. The van der Waals surface area contributed by atoms with E-state index in [1.54, 1.807) is 6.07 Å². The van der Waals surface area contributed by atoms with Crippen LogP contribution in [0, 0.1) is 19.7 Å². The zero-order valence-corrected chi connectivity index (χ0v) is 13.2. The van der Waals surface area contributed by atoms with Crippen molar-refractivity contribution in [3.8, 4) is 5.75 Å². The summed E-state index contributed by atoms with van der Waals surface area (Å²) in [6.07, 6.45) is 0. The molecule has 0 bridgehead atoms. The second-order valence-electron chi connectivity index (χ2n) is 5.40. The van der Waals surface area contributed by atoms with Gasteiger partial charge in [-0.2, -0.15) is 0 Å². The molecule has 4 heteroatoms. The summed E-state index contributed by atoms with van der Waals surface area (Å²) < 4.78 is 18.5. The summed E-state index contributed by atoms with van der Waals surface area (Å²) in [6.45, 7) is 5.93. The van der Waals surface area contributed by atoms with E-state index in [1.807, 2.05) is 32.9 Å². The smallest absolute Gasteiger partial charge is 0.251 e. The largest absolute Gasteiger partial charge is 0.494 e. The highest BCUT2D eigenvalue weighted by molar-refractivity contribution is 5.94. The first kappa shape index (κ1) is 16.0. The van der Waals surface area contributed by atoms with E-state index >= 15 is 0 Å². The van der Waals surface area contributed by atoms with E-state index in [9.17, 15) is 9.18 Å². The fourth-order valence-corrected chi connectivity index (χ4v) is 2.39. The number of methoxy groups -OCH3 is 1. The zero-order valence-electron chi connectivity index (χ0n) is 13.2. The van der Waals surface area contributed by atoms with Crippen LogP contribution in [-0.2, 0) is 0 Å². The molecule has 0 heterocycles. The summed E-state index contributed by atoms with van der Waals surface area (Å²) >= 11 is 0. The molecule has 0 aliphatic heterocycles. The van der Waals surface area contributed by atoms with Crippen molar-refractivity contribution in [1.82, 2.24) is 5.32 Å². The average molecular weight is 301 g/mol. The van der Waals surface area contributed by atoms with Crippen LogP contribution >= 0.6 is 0 Å². The predicted molar refractivity (Wildman–Crippen MR) is 84.7 cm³/mol. The Hall–Kier alpha value is -2.36. The van der Waals surface area contributed by atoms with Crippen LogP contribution in [0.3, 0.4) is 0 Å². The fourth-order valence-electron chi connectivity index (χ4n) is 2.39. The first-order valence-corrected chi connectivity index (χ1v) is 7.14. The number of aryl methyl sites for hydroxylation is 2. The van der Waals surface area contributed by atoms with Crippen molar-refractivity contribution in [1.29, 1.82) is 0 Å². The van der Waals surface area contributed by atoms with E-state index in [1.165, 1.54) is 19.2 Å². The maximum absolute atomic E-state index is 13.7. The van der Waals surface area contributed by atoms with Crippen molar-refractivity contribution in [3.63, 3.8) is 0 Å². The highest BCUT2D eigenvalue weighted by Gasteiger charge is 2.15. The molecule has 0 radical (unpaired) electrons. The molecule has 1 N–H and O–H groups in total. The lowest BCUT2D eigenvalue weighted by molar-refractivity contribution is 0.0939. The Balaban J connectivity index is 2.17. The molecule has 3 nitrogen and oxygen atoms in total. The van der Waals surface area contributed by atoms with E-state index in [4.69, 9.17) is 4.74 Å². The van der Waals surface area contributed by atoms with Crippen molar-refractivity contribution in [3.05, 3.63) is 64.5 Å². The second kappa shape index (κ2) is 6.60. The van der Waals surface area contributed by atoms with Crippen molar-refractivity contribution in [2.24, 2.45) is 0 Å². The normalized spacial score (nSPS) is 11.9. The molecule has 0 aliphatic rings. The maximum Gasteiger partial charge on any atom is 0.251 e. The third kappa shape index (κ3) is 3.45. The molecule has 2 rings (SSSR count). The van der Waals surface area contributed by atoms with Crippen LogP contribution < -0.4 is 10.1 Å². The Kier molecular flexibility index (Phi) is 4.81. The van der Waals surface area contributed by atoms with Crippen LogP contribution in [0.5, 0.6) is 5.75 Å². The number of benzene rings is 2. The summed E-state index contributed by atoms with van der Waals surface area (Å²) in [5.41, 5.74) is 3.58. The number of halogens is 1. The molecule has 0 aliphatic carbocycles. The molecule has 22 heavy (non-hydrogen) atoms. The summed E-state index contributed by atoms with van der Waals surface area (Å²) in [4.78, 5) is 12.3. The summed E-state index contributed by atoms with van der Waals surface area (Å²) in [6, 6.07) is 10.1. The first-order chi connectivity index (χ1) is 10.4. The van der Waals surface area contributed by atoms with Gasteiger partial charge in [0.1, 0.15) is 0 Å². The maximum atomic E-state index is 13.7. The van der Waals surface area contributed by atoms with Gasteiger partial charge in [-0.25, -0.2) is 4.39 Å². The Morgan fingerprint density at radius 2 is 1.91 bits per heavy atom. The molecular formula is C18H20FNO2. The molecule has 1 amide bonds. The highest BCUT2D eigenvalue weighted by Crippen LogP contribution is 2.21. The van der Waals surface area contributed by atoms with Crippen LogP contribution in [0.25, 0.3) is 0 Å². The van der Waals surface area contributed by atoms with E-state index in [0.717, 1.165) is 16.7 Å². The van der Waals surface area contributed by atoms with Crippen LogP contribution in [0.15, 0.2) is 36.4 Å². The number of carbonyl (C=O) groups is 1. The summed E-state index contributed by atoms with van der Waals surface area (Å²) in [7, 11) is 1.39. The van der Waals surface area contributed by atoms with Crippen LogP contribution in [-0.4, -0.2) is 13.0 Å². The lowest BCUT2D eigenvalue weighted by Crippen LogP contribution is -2.27. The monoisotopic (exact) mass is 301 g/mol. The quantitative estimate of drug-likeness (QED) is 0.929. The van der Waals surface area contributed by atoms with Gasteiger partial charge in [0.15, 0.2) is 11.6 Å². The highest BCUT2D eigenvalue weighted by atomic mass is 19.1. The molecule has 1 atom stereocenters. The van der Waals surface area contributed by atoms with Crippen LogP contribution in [0.4, 0.5) is 4.39 Å². The molecule has 0 saturated carbocycles. The van der Waals surface area contributed by atoms with Gasteiger partial charge in [0.2, 0.25) is 0 Å². The number of nitrogens with one attached hydrogen (secondary N) is 1. The van der Waals surface area contributed by atoms with Crippen molar-refractivity contribution in [2.75, 3.05) is 7.11 Å². The fraction of sp³-hybridized carbons (Fsp3) is 0.278. The van der Waals surface area contributed by atoms with Crippen molar-refractivity contribution >= 4 is 5.91 Å². The van der Waals surface area contributed by atoms with Crippen molar-refractivity contribution in [2.45, 2.75) is 26.8 Å². The minimum Gasteiger partial charge on any atom is -0.494 e. The van der Waals surface area contributed by atoms with Crippen molar-refractivity contribution < 1.29 is 13.9 Å². The van der Waals surface area contributed by atoms with Crippen LogP contribution in [0.1, 0.15) is 40.0 Å². The molecular weight excluding hydrogens is 281 g/mol. The molecule has 0 saturated heterocycles. The number of rotatable bonds is 4. The number of ether oxygens (including phenoxy) is 1. The van der Waals surface area contributed by atoms with Crippen LogP contribution in [0.2, 0.25) is 0 Å². The molecule has 2 aromatic carbocycles. The zero-order chi connectivity index (χ0) is 16.3. The van der Waals surface area contributed by atoms with Gasteiger partial charge in [0.05, 0.1) is 13.2 Å². The van der Waals surface area contributed by atoms with Gasteiger partial charge >= 0.3 is 0 Å². The predicted octanol–water partition coefficient (Wildman–Crippen LogP) is 3.94. The number of carbonyl (C=O) groups excluding carboxylic acids is 1. The standard InChI is InChI=1S/C18H20FNO2/c1-11-5-6-12(2)15(9-11)13(3)20-18(21)14-7-8-17(22-4)16(19)10-14/h5-10,13H,1-4H3,(H,20,21). The van der Waals surface area contributed by atoms with E-state index in [2.05, 4.69) is 11.4 Å². The molecule has 2 aromatic rings. The Labute approximate surface area is 130 Å². The van der Waals surface area contributed by atoms with Gasteiger partial charge in [0.25, 0.3) is 5.91 Å². The van der Waals surface area contributed by atoms with Gasteiger partial charge in [0, 0.05) is 5.56 Å². The average Bonchev–Trinajstić information content (AvgIpc) is 2.49. The van der Waals surface area contributed by atoms with E-state index in [0.29, 0.717) is 0 Å². The SMILES string of the molecule is COc1ccc(C(=O)NC(C)c2cc(C)ccc2C)cc1F. The van der Waals surface area contributed by atoms with Gasteiger partial charge in [-0.1, -0.05) is 23.8 Å². The van der Waals surface area contributed by atoms with Gasteiger partial charge in [-0.15, -0.1) is 0 Å². The summed E-state index contributed by atoms with van der Waals surface area (Å²) in [5.74, 6) is -0.733. The Morgan fingerprint density at radius 3 is 2.55 bits per heavy atom. The number of amides is 1. The molecule has 1 unspecified atom stereocenters. The minimum absolute atomic E-state index is 0.124. The van der Waals surface area contributed by atoms with Gasteiger partial charge in [-0.05, 0) is 50.1 Å². The van der Waals surface area contributed by atoms with E-state index in [-0.39, 0.29) is 23.3 Å². The second-order valence-corrected chi connectivity index (χ2v) is 5.40. The Morgan fingerprint density at radius 1 is 1.18 bits per heavy atom.